The number of carbonyl (C=O) groups excluding carboxylic acids is 1. The van der Waals surface area contributed by atoms with E-state index in [1.165, 1.54) is 11.3 Å². The Hall–Kier alpha value is -3.45. The van der Waals surface area contributed by atoms with Gasteiger partial charge >= 0.3 is 0 Å². The van der Waals surface area contributed by atoms with Crippen LogP contribution in [0.5, 0.6) is 5.75 Å². The summed E-state index contributed by atoms with van der Waals surface area (Å²) in [5.74, 6) is 1.80. The normalized spacial score (nSPS) is 10.8. The van der Waals surface area contributed by atoms with Crippen LogP contribution in [0.2, 0.25) is 0 Å². The first-order valence-corrected chi connectivity index (χ1v) is 10.9. The van der Waals surface area contributed by atoms with E-state index < -0.39 is 0 Å². The van der Waals surface area contributed by atoms with Crippen molar-refractivity contribution in [3.05, 3.63) is 70.9 Å². The molecular formula is C24H23N3O3S. The fourth-order valence-corrected chi connectivity index (χ4v) is 4.06. The third-order valence-electron chi connectivity index (χ3n) is 4.72. The lowest BCUT2D eigenvalue weighted by Gasteiger charge is -2.04. The number of ether oxygens (including phenoxy) is 1. The van der Waals surface area contributed by atoms with Crippen molar-refractivity contribution in [1.29, 1.82) is 0 Å². The fourth-order valence-electron chi connectivity index (χ4n) is 3.21. The zero-order valence-corrected chi connectivity index (χ0v) is 18.5. The number of nitrogens with one attached hydrogen (secondary N) is 1. The number of amides is 1. The number of thiazole rings is 1. The zero-order valence-electron chi connectivity index (χ0n) is 17.6. The number of oxazole rings is 1. The van der Waals surface area contributed by atoms with Crippen LogP contribution < -0.4 is 10.1 Å². The molecular weight excluding hydrogens is 410 g/mol. The minimum absolute atomic E-state index is 0.124. The van der Waals surface area contributed by atoms with Gasteiger partial charge in [-0.1, -0.05) is 18.2 Å². The first-order chi connectivity index (χ1) is 15.0. The molecule has 1 amide bonds. The van der Waals surface area contributed by atoms with Crippen molar-refractivity contribution in [2.45, 2.75) is 27.2 Å². The number of rotatable bonds is 7. The van der Waals surface area contributed by atoms with Gasteiger partial charge < -0.3 is 14.5 Å². The Kier molecular flexibility index (Phi) is 6.13. The maximum atomic E-state index is 12.6. The highest BCUT2D eigenvalue weighted by atomic mass is 32.1. The number of carbonyl (C=O) groups is 1. The van der Waals surface area contributed by atoms with E-state index >= 15 is 0 Å². The van der Waals surface area contributed by atoms with E-state index in [0.717, 1.165) is 27.4 Å². The molecule has 0 radical (unpaired) electrons. The van der Waals surface area contributed by atoms with Crippen molar-refractivity contribution >= 4 is 22.4 Å². The molecule has 0 unspecified atom stereocenters. The highest BCUT2D eigenvalue weighted by Gasteiger charge is 2.17. The Morgan fingerprint density at radius 2 is 1.77 bits per heavy atom. The lowest BCUT2D eigenvalue weighted by molar-refractivity contribution is -0.115. The lowest BCUT2D eigenvalue weighted by Crippen LogP contribution is -2.15. The highest BCUT2D eigenvalue weighted by molar-refractivity contribution is 7.16. The van der Waals surface area contributed by atoms with Crippen LogP contribution in [0.15, 0.2) is 59.0 Å². The van der Waals surface area contributed by atoms with E-state index in [4.69, 9.17) is 9.15 Å². The maximum absolute atomic E-state index is 12.6. The minimum atomic E-state index is -0.178. The van der Waals surface area contributed by atoms with Crippen LogP contribution in [0.3, 0.4) is 0 Å². The van der Waals surface area contributed by atoms with Gasteiger partial charge in [0.15, 0.2) is 5.13 Å². The van der Waals surface area contributed by atoms with Crippen LogP contribution in [0.1, 0.15) is 23.3 Å². The van der Waals surface area contributed by atoms with E-state index in [1.54, 1.807) is 0 Å². The Balaban J connectivity index is 1.45. The number of hydrogen-bond acceptors (Lipinski definition) is 6. The van der Waals surface area contributed by atoms with Crippen molar-refractivity contribution in [1.82, 2.24) is 9.97 Å². The number of hydrogen-bond donors (Lipinski definition) is 1. The molecule has 2 aromatic heterocycles. The van der Waals surface area contributed by atoms with E-state index in [9.17, 15) is 4.79 Å². The number of aryl methyl sites for hydroxylation is 2. The second-order valence-electron chi connectivity index (χ2n) is 6.99. The molecule has 6 nitrogen and oxygen atoms in total. The summed E-state index contributed by atoms with van der Waals surface area (Å²) >= 11 is 1.45. The van der Waals surface area contributed by atoms with Gasteiger partial charge in [-0.25, -0.2) is 9.97 Å². The van der Waals surface area contributed by atoms with Gasteiger partial charge in [0.2, 0.25) is 11.8 Å². The Bertz CT molecular complexity index is 1180. The van der Waals surface area contributed by atoms with Gasteiger partial charge in [0.1, 0.15) is 11.5 Å². The Labute approximate surface area is 184 Å². The SMILES string of the molecule is CCOc1ccc(-c2nc(NC(=O)Cc3nc(-c4ccccc4)oc3C)sc2C)cc1. The Morgan fingerprint density at radius 1 is 1.03 bits per heavy atom. The van der Waals surface area contributed by atoms with Crippen LogP contribution in [-0.4, -0.2) is 22.5 Å². The third kappa shape index (κ3) is 4.83. The summed E-state index contributed by atoms with van der Waals surface area (Å²) < 4.78 is 11.2. The first kappa shape index (κ1) is 20.8. The summed E-state index contributed by atoms with van der Waals surface area (Å²) in [6.45, 7) is 6.40. The van der Waals surface area contributed by atoms with Crippen LogP contribution in [-0.2, 0) is 11.2 Å². The molecule has 4 aromatic rings. The van der Waals surface area contributed by atoms with Crippen molar-refractivity contribution in [2.75, 3.05) is 11.9 Å². The molecule has 4 rings (SSSR count). The van der Waals surface area contributed by atoms with Gasteiger partial charge in [-0.2, -0.15) is 0 Å². The second kappa shape index (κ2) is 9.14. The molecule has 0 aliphatic heterocycles. The standard InChI is InChI=1S/C24H23N3O3S/c1-4-29-19-12-10-17(11-13-19)22-16(3)31-24(27-22)26-21(28)14-20-15(2)30-23(25-20)18-8-6-5-7-9-18/h5-13H,4,14H2,1-3H3,(H,26,27,28). The van der Waals surface area contributed by atoms with Gasteiger partial charge in [0.05, 0.1) is 24.4 Å². The van der Waals surface area contributed by atoms with E-state index in [0.29, 0.717) is 29.1 Å². The molecule has 0 bridgehead atoms. The topological polar surface area (TPSA) is 77.2 Å². The summed E-state index contributed by atoms with van der Waals surface area (Å²) in [6.07, 6.45) is 0.124. The van der Waals surface area contributed by atoms with Crippen molar-refractivity contribution in [3.8, 4) is 28.5 Å². The smallest absolute Gasteiger partial charge is 0.232 e. The van der Waals surface area contributed by atoms with Crippen molar-refractivity contribution < 1.29 is 13.9 Å². The molecule has 0 saturated heterocycles. The summed E-state index contributed by atoms with van der Waals surface area (Å²) in [5.41, 5.74) is 3.34. The summed E-state index contributed by atoms with van der Waals surface area (Å²) in [7, 11) is 0. The van der Waals surface area contributed by atoms with Gasteiger partial charge in [-0.15, -0.1) is 11.3 Å². The predicted octanol–water partition coefficient (Wildman–Crippen LogP) is 5.66. The molecule has 0 saturated carbocycles. The van der Waals surface area contributed by atoms with Crippen molar-refractivity contribution in [3.63, 3.8) is 0 Å². The lowest BCUT2D eigenvalue weighted by atomic mass is 10.1. The minimum Gasteiger partial charge on any atom is -0.494 e. The van der Waals surface area contributed by atoms with E-state index in [-0.39, 0.29) is 12.3 Å². The first-order valence-electron chi connectivity index (χ1n) is 10.1. The van der Waals surface area contributed by atoms with Crippen molar-refractivity contribution in [2.24, 2.45) is 0 Å². The molecule has 0 spiro atoms. The summed E-state index contributed by atoms with van der Waals surface area (Å²) in [5, 5.41) is 3.46. The van der Waals surface area contributed by atoms with Crippen LogP contribution in [0, 0.1) is 13.8 Å². The number of aromatic nitrogens is 2. The Morgan fingerprint density at radius 3 is 2.48 bits per heavy atom. The molecule has 2 heterocycles. The average Bonchev–Trinajstić information content (AvgIpc) is 3.31. The monoisotopic (exact) mass is 433 g/mol. The van der Waals surface area contributed by atoms with Gasteiger partial charge in [-0.05, 0) is 57.2 Å². The molecule has 158 valence electrons. The number of nitrogens with zero attached hydrogens (tertiary/aromatic N) is 2. The van der Waals surface area contributed by atoms with Crippen LogP contribution >= 0.6 is 11.3 Å². The number of benzene rings is 2. The molecule has 1 N–H and O–H groups in total. The second-order valence-corrected chi connectivity index (χ2v) is 8.20. The largest absolute Gasteiger partial charge is 0.494 e. The molecule has 0 atom stereocenters. The summed E-state index contributed by atoms with van der Waals surface area (Å²) in [6, 6.07) is 17.4. The molecule has 7 heteroatoms. The van der Waals surface area contributed by atoms with Crippen LogP contribution in [0.4, 0.5) is 5.13 Å². The zero-order chi connectivity index (χ0) is 21.8. The molecule has 31 heavy (non-hydrogen) atoms. The highest BCUT2D eigenvalue weighted by Crippen LogP contribution is 2.31. The molecule has 0 fully saturated rings. The fraction of sp³-hybridized carbons (Fsp3) is 0.208. The molecule has 0 aliphatic rings. The predicted molar refractivity (Wildman–Crippen MR) is 122 cm³/mol. The van der Waals surface area contributed by atoms with Crippen LogP contribution in [0.25, 0.3) is 22.7 Å². The third-order valence-corrected chi connectivity index (χ3v) is 5.61. The maximum Gasteiger partial charge on any atom is 0.232 e. The molecule has 2 aromatic carbocycles. The average molecular weight is 434 g/mol. The van der Waals surface area contributed by atoms with Gasteiger partial charge in [-0.3, -0.25) is 4.79 Å². The van der Waals surface area contributed by atoms with Gasteiger partial charge in [0.25, 0.3) is 0 Å². The summed E-state index contributed by atoms with van der Waals surface area (Å²) in [4.78, 5) is 22.8. The number of anilines is 1. The molecule has 0 aliphatic carbocycles. The van der Waals surface area contributed by atoms with E-state index in [1.807, 2.05) is 75.4 Å². The van der Waals surface area contributed by atoms with Gasteiger partial charge in [0, 0.05) is 16.0 Å². The quantitative estimate of drug-likeness (QED) is 0.407. The van der Waals surface area contributed by atoms with E-state index in [2.05, 4.69) is 15.3 Å².